The fourth-order valence-electron chi connectivity index (χ4n) is 4.55. The average Bonchev–Trinajstić information content (AvgIpc) is 3.68. The minimum Gasteiger partial charge on any atom is -0.477 e. The molecule has 0 bridgehead atoms. The first-order valence-corrected chi connectivity index (χ1v) is 13.1. The van der Waals surface area contributed by atoms with Gasteiger partial charge in [-0.3, -0.25) is 4.90 Å². The van der Waals surface area contributed by atoms with Crippen LogP contribution in [0.15, 0.2) is 58.4 Å². The molecule has 2 aliphatic rings. The zero-order chi connectivity index (χ0) is 25.7. The normalized spacial score (nSPS) is 18.1. The van der Waals surface area contributed by atoms with E-state index in [0.717, 1.165) is 35.3 Å². The Labute approximate surface area is 205 Å². The number of aromatic hydroxyl groups is 1. The first-order chi connectivity index (χ1) is 17.1. The molecule has 1 aliphatic carbocycles. The quantitative estimate of drug-likeness (QED) is 0.501. The lowest BCUT2D eigenvalue weighted by Crippen LogP contribution is -2.49. The van der Waals surface area contributed by atoms with Crippen molar-refractivity contribution in [2.75, 3.05) is 26.2 Å². The Hall–Kier alpha value is -2.96. The van der Waals surface area contributed by atoms with E-state index in [-0.39, 0.29) is 49.7 Å². The van der Waals surface area contributed by atoms with Crippen molar-refractivity contribution >= 4 is 15.7 Å². The van der Waals surface area contributed by atoms with Crippen LogP contribution in [0.25, 0.3) is 5.65 Å². The number of aromatic nitrogens is 2. The van der Waals surface area contributed by atoms with Gasteiger partial charge in [-0.2, -0.15) is 26.4 Å². The highest BCUT2D eigenvalue weighted by Gasteiger charge is 2.35. The number of nitrogens with zero attached hydrogens (tertiary/aromatic N) is 4. The molecule has 1 saturated carbocycles. The molecular formula is C24H26F3N4O4S+. The van der Waals surface area contributed by atoms with Crippen molar-refractivity contribution < 1.29 is 31.3 Å². The second-order valence-corrected chi connectivity index (χ2v) is 11.2. The Bertz CT molecular complexity index is 1460. The number of alkyl halides is 3. The summed E-state index contributed by atoms with van der Waals surface area (Å²) in [7, 11) is -4.11. The van der Waals surface area contributed by atoms with E-state index in [1.807, 2.05) is 4.90 Å². The van der Waals surface area contributed by atoms with Gasteiger partial charge >= 0.3 is 11.7 Å². The molecule has 5 rings (SSSR count). The van der Waals surface area contributed by atoms with Gasteiger partial charge in [0.1, 0.15) is 5.56 Å². The second-order valence-electron chi connectivity index (χ2n) is 9.30. The Morgan fingerprint density at radius 1 is 1.03 bits per heavy atom. The molecule has 36 heavy (non-hydrogen) atoms. The SMILES string of the molecule is O=c1c(CN2CCN(S(=O)(=O)c3cccc(C(F)(F)F)c3)CC2)c(O)[n+](CC2CC2)c2ccccn12. The molecule has 2 aromatic heterocycles. The number of halogens is 3. The van der Waals surface area contributed by atoms with Crippen molar-refractivity contribution in [3.8, 4) is 5.88 Å². The van der Waals surface area contributed by atoms with Gasteiger partial charge in [0.25, 0.3) is 11.5 Å². The highest BCUT2D eigenvalue weighted by atomic mass is 32.2. The van der Waals surface area contributed by atoms with Gasteiger partial charge in [-0.25, -0.2) is 13.2 Å². The number of hydrogen-bond acceptors (Lipinski definition) is 5. The van der Waals surface area contributed by atoms with Crippen LogP contribution in [0.1, 0.15) is 24.0 Å². The molecule has 1 aliphatic heterocycles. The Morgan fingerprint density at radius 3 is 2.42 bits per heavy atom. The first-order valence-electron chi connectivity index (χ1n) is 11.7. The molecule has 192 valence electrons. The molecule has 0 amide bonds. The number of rotatable bonds is 6. The molecule has 3 heterocycles. The van der Waals surface area contributed by atoms with Crippen molar-refractivity contribution in [2.45, 2.75) is 37.0 Å². The Kier molecular flexibility index (Phi) is 6.29. The van der Waals surface area contributed by atoms with Crippen LogP contribution in [0.4, 0.5) is 13.2 Å². The summed E-state index contributed by atoms with van der Waals surface area (Å²) in [5.74, 6) is 0.372. The third-order valence-electron chi connectivity index (χ3n) is 6.77. The van der Waals surface area contributed by atoms with Crippen LogP contribution >= 0.6 is 0 Å². The maximum Gasteiger partial charge on any atom is 0.416 e. The van der Waals surface area contributed by atoms with Crippen molar-refractivity contribution in [3.05, 3.63) is 70.1 Å². The van der Waals surface area contributed by atoms with Crippen molar-refractivity contribution in [1.29, 1.82) is 0 Å². The Morgan fingerprint density at radius 2 is 1.75 bits per heavy atom. The maximum atomic E-state index is 13.2. The summed E-state index contributed by atoms with van der Waals surface area (Å²) in [6.07, 6.45) is -0.843. The molecule has 0 unspecified atom stereocenters. The highest BCUT2D eigenvalue weighted by Crippen LogP contribution is 2.32. The van der Waals surface area contributed by atoms with Crippen LogP contribution in [-0.4, -0.2) is 53.3 Å². The third-order valence-corrected chi connectivity index (χ3v) is 8.66. The summed E-state index contributed by atoms with van der Waals surface area (Å²) < 4.78 is 69.5. The highest BCUT2D eigenvalue weighted by molar-refractivity contribution is 7.89. The molecule has 1 aromatic carbocycles. The van der Waals surface area contributed by atoms with Crippen LogP contribution in [0.3, 0.4) is 0 Å². The minimum atomic E-state index is -4.64. The van der Waals surface area contributed by atoms with Crippen molar-refractivity contribution in [1.82, 2.24) is 13.6 Å². The van der Waals surface area contributed by atoms with E-state index >= 15 is 0 Å². The summed E-state index contributed by atoms with van der Waals surface area (Å²) in [5, 5.41) is 11.0. The third kappa shape index (κ3) is 4.72. The van der Waals surface area contributed by atoms with E-state index in [2.05, 4.69) is 0 Å². The number of fused-ring (bicyclic) bond motifs is 1. The molecule has 2 fully saturated rings. The predicted molar refractivity (Wildman–Crippen MR) is 124 cm³/mol. The predicted octanol–water partition coefficient (Wildman–Crippen LogP) is 2.23. The molecule has 1 N–H and O–H groups in total. The van der Waals surface area contributed by atoms with Crippen molar-refractivity contribution in [3.63, 3.8) is 0 Å². The van der Waals surface area contributed by atoms with Gasteiger partial charge in [0, 0.05) is 38.8 Å². The molecule has 8 nitrogen and oxygen atoms in total. The maximum absolute atomic E-state index is 13.2. The fourth-order valence-corrected chi connectivity index (χ4v) is 6.02. The van der Waals surface area contributed by atoms with Gasteiger partial charge < -0.3 is 5.11 Å². The van der Waals surface area contributed by atoms with E-state index in [0.29, 0.717) is 24.2 Å². The summed E-state index contributed by atoms with van der Waals surface area (Å²) >= 11 is 0. The largest absolute Gasteiger partial charge is 0.477 e. The molecule has 1 saturated heterocycles. The lowest BCUT2D eigenvalue weighted by molar-refractivity contribution is -0.684. The first kappa shape index (κ1) is 24.7. The number of sulfonamides is 1. The van der Waals surface area contributed by atoms with Gasteiger partial charge in [-0.05, 0) is 43.0 Å². The van der Waals surface area contributed by atoms with Crippen LogP contribution in [0.2, 0.25) is 0 Å². The average molecular weight is 524 g/mol. The monoisotopic (exact) mass is 523 g/mol. The van der Waals surface area contributed by atoms with E-state index in [9.17, 15) is 31.5 Å². The van der Waals surface area contributed by atoms with Gasteiger partial charge in [-0.1, -0.05) is 12.1 Å². The molecule has 0 spiro atoms. The number of piperazine rings is 1. The summed E-state index contributed by atoms with van der Waals surface area (Å²) in [6, 6.07) is 9.05. The van der Waals surface area contributed by atoms with E-state index in [1.165, 1.54) is 4.40 Å². The second kappa shape index (κ2) is 9.16. The zero-order valence-corrected chi connectivity index (χ0v) is 20.2. The molecule has 0 radical (unpaired) electrons. The van der Waals surface area contributed by atoms with Gasteiger partial charge in [0.2, 0.25) is 10.0 Å². The van der Waals surface area contributed by atoms with E-state index < -0.39 is 26.7 Å². The lowest BCUT2D eigenvalue weighted by atomic mass is 10.2. The van der Waals surface area contributed by atoms with Crippen LogP contribution in [0.5, 0.6) is 5.88 Å². The smallest absolute Gasteiger partial charge is 0.416 e. The fraction of sp³-hybridized carbons (Fsp3) is 0.417. The Balaban J connectivity index is 1.35. The standard InChI is InChI=1S/C24H25F3N4O4S/c25-24(26,27)18-4-3-5-19(14-18)36(34,35)29-12-10-28(11-13-29)16-20-22(32)30-9-2-1-6-21(30)31(23(20)33)15-17-7-8-17/h1-6,9,14,17H,7-8,10-13,15-16H2/p+1. The van der Waals surface area contributed by atoms with Gasteiger partial charge in [0.15, 0.2) is 0 Å². The number of benzene rings is 1. The van der Waals surface area contributed by atoms with E-state index in [4.69, 9.17) is 0 Å². The van der Waals surface area contributed by atoms with Gasteiger partial charge in [-0.15, -0.1) is 0 Å². The topological polar surface area (TPSA) is 86.2 Å². The minimum absolute atomic E-state index is 0.0519. The summed E-state index contributed by atoms with van der Waals surface area (Å²) in [4.78, 5) is 14.6. The molecule has 12 heteroatoms. The van der Waals surface area contributed by atoms with Gasteiger partial charge in [0.05, 0.1) is 23.2 Å². The number of pyridine rings is 1. The summed E-state index contributed by atoms with van der Waals surface area (Å²) in [5.41, 5.74) is -0.524. The van der Waals surface area contributed by atoms with Crippen LogP contribution in [0, 0.1) is 5.92 Å². The zero-order valence-electron chi connectivity index (χ0n) is 19.4. The molecule has 3 aromatic rings. The molecular weight excluding hydrogens is 497 g/mol. The molecule has 0 atom stereocenters. The van der Waals surface area contributed by atoms with Crippen molar-refractivity contribution in [2.24, 2.45) is 5.92 Å². The lowest BCUT2D eigenvalue weighted by Gasteiger charge is -2.33. The summed E-state index contributed by atoms with van der Waals surface area (Å²) in [6.45, 7) is 1.36. The van der Waals surface area contributed by atoms with Crippen LogP contribution in [-0.2, 0) is 29.3 Å². The number of hydrogen-bond donors (Lipinski definition) is 1. The van der Waals surface area contributed by atoms with E-state index in [1.54, 1.807) is 29.0 Å². The van der Waals surface area contributed by atoms with Crippen LogP contribution < -0.4 is 10.1 Å².